The molecule has 0 saturated carbocycles. The number of carboxylic acid groups (broad SMARTS) is 1. The molecule has 0 amide bonds. The molecule has 0 unspecified atom stereocenters. The van der Waals surface area contributed by atoms with E-state index in [0.29, 0.717) is 29.6 Å². The maximum absolute atomic E-state index is 10.5. The highest BCUT2D eigenvalue weighted by molar-refractivity contribution is 5.99. The molecule has 0 saturated heterocycles. The predicted octanol–water partition coefficient (Wildman–Crippen LogP) is 4.18. The number of ether oxygens (including phenoxy) is 3. The second-order valence-electron chi connectivity index (χ2n) is 6.22. The van der Waals surface area contributed by atoms with Gasteiger partial charge in [0.05, 0.1) is 5.71 Å². The molecule has 3 aromatic carbocycles. The first kappa shape index (κ1) is 19.9. The third kappa shape index (κ3) is 6.39. The Bertz CT molecular complexity index is 937. The molecule has 0 bridgehead atoms. The van der Waals surface area contributed by atoms with Gasteiger partial charge in [-0.1, -0.05) is 42.5 Å². The number of carbonyl (C=O) groups is 1. The average Bonchev–Trinajstić information content (AvgIpc) is 2.76. The van der Waals surface area contributed by atoms with E-state index in [0.717, 1.165) is 11.1 Å². The number of carboxylic acids is 1. The van der Waals surface area contributed by atoms with Crippen LogP contribution in [0.1, 0.15) is 11.1 Å². The summed E-state index contributed by atoms with van der Waals surface area (Å²) in [5.41, 5.74) is 2.24. The van der Waals surface area contributed by atoms with Gasteiger partial charge in [-0.3, -0.25) is 0 Å². The van der Waals surface area contributed by atoms with Gasteiger partial charge in [-0.2, -0.15) is 0 Å². The van der Waals surface area contributed by atoms with Gasteiger partial charge in [-0.15, -0.1) is 0 Å². The summed E-state index contributed by atoms with van der Waals surface area (Å²) in [7, 11) is 0. The van der Waals surface area contributed by atoms with E-state index >= 15 is 0 Å². The molecule has 0 aliphatic heterocycles. The quantitative estimate of drug-likeness (QED) is 0.506. The highest BCUT2D eigenvalue weighted by Crippen LogP contribution is 2.19. The fourth-order valence-electron chi connectivity index (χ4n) is 2.50. The van der Waals surface area contributed by atoms with E-state index in [1.54, 1.807) is 24.3 Å². The van der Waals surface area contributed by atoms with Crippen molar-refractivity contribution in [3.8, 4) is 17.2 Å². The van der Waals surface area contributed by atoms with Gasteiger partial charge in [0.25, 0.3) is 0 Å². The molecule has 3 aromatic rings. The van der Waals surface area contributed by atoms with Crippen LogP contribution in [0.4, 0.5) is 0 Å². The normalized spacial score (nSPS) is 10.2. The summed E-state index contributed by atoms with van der Waals surface area (Å²) >= 11 is 0. The maximum Gasteiger partial charge on any atom is 0.341 e. The molecule has 0 atom stereocenters. The SMILES string of the molecule is N=C(COc1ccc(COc2ccc(OCC(=O)O)cc2)cc1)c1ccccc1. The minimum Gasteiger partial charge on any atom is -0.489 e. The van der Waals surface area contributed by atoms with Crippen molar-refractivity contribution < 1.29 is 24.1 Å². The lowest BCUT2D eigenvalue weighted by atomic mass is 10.1. The fraction of sp³-hybridized carbons (Fsp3) is 0.130. The molecular weight excluding hydrogens is 370 g/mol. The van der Waals surface area contributed by atoms with E-state index in [9.17, 15) is 4.79 Å². The monoisotopic (exact) mass is 391 g/mol. The van der Waals surface area contributed by atoms with Crippen LogP contribution in [-0.2, 0) is 11.4 Å². The van der Waals surface area contributed by atoms with E-state index in [-0.39, 0.29) is 13.2 Å². The van der Waals surface area contributed by atoms with Crippen LogP contribution in [0.15, 0.2) is 78.9 Å². The minimum atomic E-state index is -1.02. The number of rotatable bonds is 10. The summed E-state index contributed by atoms with van der Waals surface area (Å²) < 4.78 is 16.5. The van der Waals surface area contributed by atoms with Gasteiger partial charge in [0.2, 0.25) is 0 Å². The molecule has 29 heavy (non-hydrogen) atoms. The Morgan fingerprint density at radius 2 is 1.24 bits per heavy atom. The van der Waals surface area contributed by atoms with Gasteiger partial charge in [0, 0.05) is 0 Å². The van der Waals surface area contributed by atoms with Crippen molar-refractivity contribution in [2.45, 2.75) is 6.61 Å². The Morgan fingerprint density at radius 1 is 0.724 bits per heavy atom. The van der Waals surface area contributed by atoms with Gasteiger partial charge in [-0.25, -0.2) is 4.79 Å². The zero-order valence-corrected chi connectivity index (χ0v) is 15.7. The first-order valence-corrected chi connectivity index (χ1v) is 9.02. The molecule has 0 aromatic heterocycles. The van der Waals surface area contributed by atoms with Gasteiger partial charge in [0.1, 0.15) is 30.5 Å². The van der Waals surface area contributed by atoms with E-state index in [4.69, 9.17) is 24.7 Å². The van der Waals surface area contributed by atoms with E-state index < -0.39 is 5.97 Å². The highest BCUT2D eigenvalue weighted by Gasteiger charge is 2.03. The van der Waals surface area contributed by atoms with Crippen molar-refractivity contribution in [2.24, 2.45) is 0 Å². The topological polar surface area (TPSA) is 88.8 Å². The van der Waals surface area contributed by atoms with Crippen molar-refractivity contribution in [3.63, 3.8) is 0 Å². The summed E-state index contributed by atoms with van der Waals surface area (Å²) in [6.45, 7) is 0.213. The summed E-state index contributed by atoms with van der Waals surface area (Å²) in [4.78, 5) is 10.5. The lowest BCUT2D eigenvalue weighted by Crippen LogP contribution is -2.11. The molecule has 0 aliphatic carbocycles. The molecular formula is C23H21NO5. The maximum atomic E-state index is 10.5. The largest absolute Gasteiger partial charge is 0.489 e. The van der Waals surface area contributed by atoms with Gasteiger partial charge >= 0.3 is 5.97 Å². The molecule has 0 fully saturated rings. The van der Waals surface area contributed by atoms with Gasteiger partial charge in [0.15, 0.2) is 6.61 Å². The summed E-state index contributed by atoms with van der Waals surface area (Å²) in [6.07, 6.45) is 0. The molecule has 0 aliphatic rings. The highest BCUT2D eigenvalue weighted by atomic mass is 16.5. The van der Waals surface area contributed by atoms with Crippen molar-refractivity contribution in [1.29, 1.82) is 5.41 Å². The molecule has 148 valence electrons. The second kappa shape index (κ2) is 9.94. The van der Waals surface area contributed by atoms with Crippen LogP contribution in [0, 0.1) is 5.41 Å². The molecule has 0 heterocycles. The summed E-state index contributed by atoms with van der Waals surface area (Å²) in [6, 6.07) is 23.8. The zero-order chi connectivity index (χ0) is 20.5. The average molecular weight is 391 g/mol. The lowest BCUT2D eigenvalue weighted by Gasteiger charge is -2.10. The molecule has 6 nitrogen and oxygen atoms in total. The van der Waals surface area contributed by atoms with Crippen LogP contribution in [0.2, 0.25) is 0 Å². The fourth-order valence-corrected chi connectivity index (χ4v) is 2.50. The van der Waals surface area contributed by atoms with Crippen molar-refractivity contribution in [3.05, 3.63) is 90.0 Å². The smallest absolute Gasteiger partial charge is 0.341 e. The molecule has 2 N–H and O–H groups in total. The molecule has 0 radical (unpaired) electrons. The zero-order valence-electron chi connectivity index (χ0n) is 15.7. The van der Waals surface area contributed by atoms with Gasteiger partial charge in [-0.05, 0) is 47.5 Å². The Hall–Kier alpha value is -3.80. The van der Waals surface area contributed by atoms with E-state index in [1.165, 1.54) is 0 Å². The first-order chi connectivity index (χ1) is 14.1. The Balaban J connectivity index is 1.45. The predicted molar refractivity (Wildman–Crippen MR) is 109 cm³/mol. The van der Waals surface area contributed by atoms with Crippen LogP contribution in [0.25, 0.3) is 0 Å². The standard InChI is InChI=1S/C23H21NO5/c24-22(18-4-2-1-3-5-18)15-28-19-8-6-17(7-9-19)14-27-20-10-12-21(13-11-20)29-16-23(25)26/h1-13,24H,14-16H2,(H,25,26). The third-order valence-corrected chi connectivity index (χ3v) is 4.02. The van der Waals surface area contributed by atoms with Crippen LogP contribution in [-0.4, -0.2) is 30.0 Å². The number of hydrogen-bond acceptors (Lipinski definition) is 5. The third-order valence-electron chi connectivity index (χ3n) is 4.02. The Labute approximate surface area is 168 Å². The van der Waals surface area contributed by atoms with Crippen LogP contribution in [0.3, 0.4) is 0 Å². The number of benzene rings is 3. The Kier molecular flexibility index (Phi) is 6.84. The summed E-state index contributed by atoms with van der Waals surface area (Å²) in [5.74, 6) is 0.802. The minimum absolute atomic E-state index is 0.205. The van der Waals surface area contributed by atoms with Crippen molar-refractivity contribution in [2.75, 3.05) is 13.2 Å². The summed E-state index contributed by atoms with van der Waals surface area (Å²) in [5, 5.41) is 16.7. The van der Waals surface area contributed by atoms with E-state index in [1.807, 2.05) is 54.6 Å². The first-order valence-electron chi connectivity index (χ1n) is 9.02. The number of nitrogens with one attached hydrogen (secondary N) is 1. The Morgan fingerprint density at radius 3 is 1.83 bits per heavy atom. The van der Waals surface area contributed by atoms with Gasteiger partial charge < -0.3 is 24.7 Å². The second-order valence-corrected chi connectivity index (χ2v) is 6.22. The lowest BCUT2D eigenvalue weighted by molar-refractivity contribution is -0.139. The molecule has 3 rings (SSSR count). The van der Waals surface area contributed by atoms with Crippen LogP contribution < -0.4 is 14.2 Å². The van der Waals surface area contributed by atoms with Crippen molar-refractivity contribution >= 4 is 11.7 Å². The number of aliphatic carboxylic acids is 1. The number of hydrogen-bond donors (Lipinski definition) is 2. The van der Waals surface area contributed by atoms with Crippen LogP contribution in [0.5, 0.6) is 17.2 Å². The molecule has 6 heteroatoms. The molecule has 0 spiro atoms. The van der Waals surface area contributed by atoms with Crippen molar-refractivity contribution in [1.82, 2.24) is 0 Å². The van der Waals surface area contributed by atoms with Crippen LogP contribution >= 0.6 is 0 Å². The van der Waals surface area contributed by atoms with E-state index in [2.05, 4.69) is 0 Å².